The summed E-state index contributed by atoms with van der Waals surface area (Å²) >= 11 is 5.59. The molecule has 1 aromatic rings. The molecule has 0 saturated carbocycles. The number of halogens is 4. The molecule has 0 amide bonds. The van der Waals surface area contributed by atoms with Gasteiger partial charge in [0.1, 0.15) is 5.75 Å². The molecule has 1 aromatic carbocycles. The summed E-state index contributed by atoms with van der Waals surface area (Å²) in [7, 11) is 0. The summed E-state index contributed by atoms with van der Waals surface area (Å²) in [6.07, 6.45) is -7.07. The van der Waals surface area contributed by atoms with Crippen LogP contribution in [0.5, 0.6) is 5.75 Å². The minimum Gasteiger partial charge on any atom is -0.479 e. The first-order chi connectivity index (χ1) is 8.11. The van der Waals surface area contributed by atoms with Crippen LogP contribution in [0, 0.1) is 0 Å². The molecule has 1 rings (SSSR count). The Hall–Kier alpha value is -1.67. The number of carboxylic acids is 1. The smallest absolute Gasteiger partial charge is 0.479 e. The fraction of sp³-hybridized carbons (Fsp3) is 0.222. The Kier molecular flexibility index (Phi) is 3.92. The van der Waals surface area contributed by atoms with E-state index in [2.05, 4.69) is 4.74 Å². The summed E-state index contributed by atoms with van der Waals surface area (Å²) in [6, 6.07) is 1.43. The highest BCUT2D eigenvalue weighted by Gasteiger charge is 2.32. The first-order valence-corrected chi connectivity index (χ1v) is 4.75. The van der Waals surface area contributed by atoms with Gasteiger partial charge in [-0.3, -0.25) is 0 Å². The molecular weight excluding hydrogens is 279 g/mol. The van der Waals surface area contributed by atoms with E-state index in [1.807, 2.05) is 0 Å². The van der Waals surface area contributed by atoms with E-state index in [0.717, 1.165) is 6.07 Å². The van der Waals surface area contributed by atoms with E-state index in [-0.39, 0.29) is 10.7 Å². The van der Waals surface area contributed by atoms with Crippen molar-refractivity contribution in [2.75, 3.05) is 5.73 Å². The van der Waals surface area contributed by atoms with E-state index in [0.29, 0.717) is 6.07 Å². The van der Waals surface area contributed by atoms with Crippen molar-refractivity contribution in [2.24, 2.45) is 0 Å². The minimum atomic E-state index is -4.97. The molecule has 18 heavy (non-hydrogen) atoms. The van der Waals surface area contributed by atoms with E-state index in [9.17, 15) is 23.1 Å². The van der Waals surface area contributed by atoms with Crippen molar-refractivity contribution in [1.29, 1.82) is 0 Å². The number of aliphatic hydroxyl groups excluding tert-OH is 1. The highest BCUT2D eigenvalue weighted by molar-refractivity contribution is 6.34. The van der Waals surface area contributed by atoms with Crippen LogP contribution < -0.4 is 10.5 Å². The summed E-state index contributed by atoms with van der Waals surface area (Å²) in [5.41, 5.74) is 4.47. The quantitative estimate of drug-likeness (QED) is 0.738. The third kappa shape index (κ3) is 3.41. The third-order valence-electron chi connectivity index (χ3n) is 1.86. The topological polar surface area (TPSA) is 92.8 Å². The molecule has 9 heteroatoms. The Bertz CT molecular complexity index is 478. The summed E-state index contributed by atoms with van der Waals surface area (Å²) in [5.74, 6) is -2.44. The number of hydrogen-bond acceptors (Lipinski definition) is 4. The van der Waals surface area contributed by atoms with Gasteiger partial charge in [0, 0.05) is 11.6 Å². The lowest BCUT2D eigenvalue weighted by Gasteiger charge is -2.14. The van der Waals surface area contributed by atoms with E-state index >= 15 is 0 Å². The van der Waals surface area contributed by atoms with E-state index < -0.39 is 29.7 Å². The number of aliphatic hydroxyl groups is 1. The van der Waals surface area contributed by atoms with Crippen molar-refractivity contribution in [3.05, 3.63) is 22.7 Å². The number of anilines is 1. The molecule has 100 valence electrons. The fourth-order valence-electron chi connectivity index (χ4n) is 1.17. The summed E-state index contributed by atoms with van der Waals surface area (Å²) in [6.45, 7) is 0. The molecule has 5 nitrogen and oxygen atoms in total. The van der Waals surface area contributed by atoms with Crippen LogP contribution in [-0.2, 0) is 4.79 Å². The predicted octanol–water partition coefficient (Wildman–Crippen LogP) is 1.94. The zero-order valence-electron chi connectivity index (χ0n) is 8.53. The first-order valence-electron chi connectivity index (χ1n) is 4.37. The Balaban J connectivity index is 3.22. The van der Waals surface area contributed by atoms with Gasteiger partial charge in [-0.2, -0.15) is 0 Å². The number of hydrogen-bond donors (Lipinski definition) is 3. The number of nitrogen functional groups attached to an aromatic ring is 1. The maximum Gasteiger partial charge on any atom is 0.573 e. The second-order valence-corrected chi connectivity index (χ2v) is 3.58. The zero-order valence-corrected chi connectivity index (χ0v) is 9.29. The third-order valence-corrected chi connectivity index (χ3v) is 2.30. The van der Waals surface area contributed by atoms with E-state index in [1.54, 1.807) is 0 Å². The van der Waals surface area contributed by atoms with Crippen LogP contribution in [0.3, 0.4) is 0 Å². The van der Waals surface area contributed by atoms with Gasteiger partial charge in [-0.25, -0.2) is 4.79 Å². The number of carbonyl (C=O) groups is 1. The number of aliphatic carboxylic acids is 1. The maximum absolute atomic E-state index is 12.0. The molecule has 0 saturated heterocycles. The van der Waals surface area contributed by atoms with Crippen molar-refractivity contribution >= 4 is 23.3 Å². The van der Waals surface area contributed by atoms with Gasteiger partial charge in [-0.1, -0.05) is 11.6 Å². The molecule has 0 aliphatic rings. The number of ether oxygens (including phenoxy) is 1. The van der Waals surface area contributed by atoms with Crippen molar-refractivity contribution in [1.82, 2.24) is 0 Å². The minimum absolute atomic E-state index is 0.339. The Morgan fingerprint density at radius 1 is 1.44 bits per heavy atom. The lowest BCUT2D eigenvalue weighted by Crippen LogP contribution is -2.18. The summed E-state index contributed by atoms with van der Waals surface area (Å²) < 4.78 is 39.5. The van der Waals surface area contributed by atoms with Gasteiger partial charge in [0.05, 0.1) is 10.7 Å². The van der Waals surface area contributed by atoms with Crippen molar-refractivity contribution < 1.29 is 32.9 Å². The Morgan fingerprint density at radius 3 is 2.44 bits per heavy atom. The highest BCUT2D eigenvalue weighted by Crippen LogP contribution is 2.35. The fourth-order valence-corrected chi connectivity index (χ4v) is 1.38. The first kappa shape index (κ1) is 14.4. The molecule has 1 unspecified atom stereocenters. The Morgan fingerprint density at radius 2 is 2.00 bits per heavy atom. The SMILES string of the molecule is Nc1cc(OC(F)(F)F)cc(C(O)C(=O)O)c1Cl. The van der Waals surface area contributed by atoms with Crippen LogP contribution in [-0.4, -0.2) is 22.5 Å². The largest absolute Gasteiger partial charge is 0.573 e. The van der Waals surface area contributed by atoms with Gasteiger partial charge in [-0.15, -0.1) is 13.2 Å². The number of alkyl halides is 3. The normalized spacial score (nSPS) is 13.2. The average Bonchev–Trinajstić information content (AvgIpc) is 2.19. The Labute approximate surface area is 104 Å². The molecule has 0 radical (unpaired) electrons. The van der Waals surface area contributed by atoms with Crippen LogP contribution in [0.15, 0.2) is 12.1 Å². The second kappa shape index (κ2) is 4.91. The summed E-state index contributed by atoms with van der Waals surface area (Å²) in [4.78, 5) is 10.5. The molecule has 0 aromatic heterocycles. The molecule has 0 bridgehead atoms. The van der Waals surface area contributed by atoms with Gasteiger partial charge in [0.25, 0.3) is 0 Å². The van der Waals surface area contributed by atoms with E-state index in [1.165, 1.54) is 0 Å². The highest BCUT2D eigenvalue weighted by atomic mass is 35.5. The molecule has 1 atom stereocenters. The average molecular weight is 286 g/mol. The molecule has 4 N–H and O–H groups in total. The van der Waals surface area contributed by atoms with Crippen LogP contribution >= 0.6 is 11.6 Å². The van der Waals surface area contributed by atoms with Gasteiger partial charge >= 0.3 is 12.3 Å². The number of carboxylic acid groups (broad SMARTS) is 1. The molecule has 0 heterocycles. The standard InChI is InChI=1S/C9H7ClF3NO4/c10-6-4(7(15)8(16)17)1-3(2-5(6)14)18-9(11,12)13/h1-2,7,15H,14H2,(H,16,17). The maximum atomic E-state index is 12.0. The van der Waals surface area contributed by atoms with Crippen LogP contribution in [0.25, 0.3) is 0 Å². The molecule has 0 aliphatic heterocycles. The van der Waals surface area contributed by atoms with Crippen LogP contribution in [0.1, 0.15) is 11.7 Å². The zero-order chi connectivity index (χ0) is 14.1. The molecular formula is C9H7ClF3NO4. The van der Waals surface area contributed by atoms with Crippen LogP contribution in [0.4, 0.5) is 18.9 Å². The monoisotopic (exact) mass is 285 g/mol. The molecule has 0 spiro atoms. The number of rotatable bonds is 3. The van der Waals surface area contributed by atoms with Crippen LogP contribution in [0.2, 0.25) is 5.02 Å². The van der Waals surface area contributed by atoms with Crippen molar-refractivity contribution in [2.45, 2.75) is 12.5 Å². The van der Waals surface area contributed by atoms with Gasteiger partial charge in [0.2, 0.25) is 0 Å². The lowest BCUT2D eigenvalue weighted by atomic mass is 10.1. The number of nitrogens with two attached hydrogens (primary N) is 1. The lowest BCUT2D eigenvalue weighted by molar-refractivity contribution is -0.274. The summed E-state index contributed by atoms with van der Waals surface area (Å²) in [5, 5.41) is 17.5. The van der Waals surface area contributed by atoms with Gasteiger partial charge < -0.3 is 20.7 Å². The second-order valence-electron chi connectivity index (χ2n) is 3.20. The van der Waals surface area contributed by atoms with Crippen molar-refractivity contribution in [3.63, 3.8) is 0 Å². The van der Waals surface area contributed by atoms with Gasteiger partial charge in [0.15, 0.2) is 6.10 Å². The molecule has 0 fully saturated rings. The number of benzene rings is 1. The van der Waals surface area contributed by atoms with Crippen molar-refractivity contribution in [3.8, 4) is 5.75 Å². The molecule has 0 aliphatic carbocycles. The van der Waals surface area contributed by atoms with Gasteiger partial charge in [-0.05, 0) is 6.07 Å². The predicted molar refractivity (Wildman–Crippen MR) is 55.1 cm³/mol. The van der Waals surface area contributed by atoms with E-state index in [4.69, 9.17) is 22.4 Å².